The molecule has 0 bridgehead atoms. The minimum absolute atomic E-state index is 0.0770. The fourth-order valence-electron chi connectivity index (χ4n) is 17.6. The zero-order valence-electron chi connectivity index (χ0n) is 65.6. The molecule has 0 saturated heterocycles. The lowest BCUT2D eigenvalue weighted by Crippen LogP contribution is -2.15. The Morgan fingerprint density at radius 2 is 0.412 bits per heavy atom. The molecule has 1 aliphatic carbocycles. The first-order valence-electron chi connectivity index (χ1n) is 40.6. The number of nitrogens with zero attached hydrogens (tertiary/aromatic N) is 6. The molecule has 6 nitrogen and oxygen atoms in total. The van der Waals surface area contributed by atoms with Gasteiger partial charge >= 0.3 is 0 Å². The van der Waals surface area contributed by atoms with E-state index in [4.69, 9.17) is 29.9 Å². The van der Waals surface area contributed by atoms with E-state index in [0.717, 1.165) is 117 Å². The van der Waals surface area contributed by atoms with Crippen LogP contribution in [0.5, 0.6) is 0 Å². The Morgan fingerprint density at radius 3 is 0.815 bits per heavy atom. The van der Waals surface area contributed by atoms with Gasteiger partial charge in [0.15, 0.2) is 0 Å². The number of aromatic nitrogens is 6. The van der Waals surface area contributed by atoms with Gasteiger partial charge in [0.2, 0.25) is 0 Å². The molecular formula is C113H76N6. The van der Waals surface area contributed by atoms with E-state index in [0.29, 0.717) is 0 Å². The van der Waals surface area contributed by atoms with Crippen molar-refractivity contribution >= 4 is 87.0 Å². The van der Waals surface area contributed by atoms with Crippen LogP contribution >= 0.6 is 0 Å². The molecule has 0 amide bonds. The molecule has 23 rings (SSSR count). The van der Waals surface area contributed by atoms with Crippen LogP contribution in [0.1, 0.15) is 25.0 Å². The van der Waals surface area contributed by atoms with Crippen LogP contribution in [0, 0.1) is 0 Å². The van der Waals surface area contributed by atoms with Gasteiger partial charge in [-0.25, -0.2) is 29.9 Å². The molecule has 0 radical (unpaired) electrons. The highest BCUT2D eigenvalue weighted by Crippen LogP contribution is 2.52. The molecule has 0 aliphatic heterocycles. The van der Waals surface area contributed by atoms with Crippen molar-refractivity contribution in [2.24, 2.45) is 0 Å². The van der Waals surface area contributed by atoms with Crippen molar-refractivity contribution in [2.45, 2.75) is 19.3 Å². The van der Waals surface area contributed by atoms with Gasteiger partial charge in [0.05, 0.1) is 67.3 Å². The number of rotatable bonds is 10. The zero-order chi connectivity index (χ0) is 79.3. The van der Waals surface area contributed by atoms with Gasteiger partial charge in [0.25, 0.3) is 0 Å². The molecule has 0 saturated carbocycles. The van der Waals surface area contributed by atoms with Crippen LogP contribution < -0.4 is 0 Å². The molecule has 0 atom stereocenters. The molecule has 6 heteroatoms. The van der Waals surface area contributed by atoms with Crippen LogP contribution in [0.3, 0.4) is 0 Å². The summed E-state index contributed by atoms with van der Waals surface area (Å²) in [6.45, 7) is 4.69. The van der Waals surface area contributed by atoms with E-state index in [9.17, 15) is 0 Å². The summed E-state index contributed by atoms with van der Waals surface area (Å²) >= 11 is 0. The third-order valence-corrected chi connectivity index (χ3v) is 23.5. The normalized spacial score (nSPS) is 12.0. The molecule has 119 heavy (non-hydrogen) atoms. The van der Waals surface area contributed by atoms with E-state index in [2.05, 4.69) is 366 Å². The standard InChI is InChI=1S/C39H28N2.C38H24N2.C36H24N2/c1-39(2)33-23-29(17-19-31(33)32-21-27-15-9-10-16-28(27)22-34(32)39)30-18-20-35-36(24-30)41-38(26-13-7-4-8-14-26)37(40-35)25-11-5-3-6-12-25;1-3-11-25(12-4-1)37-38(26-13-5-2-6-14-26)40-36-24-28(20-22-35(36)39-37)27-19-21-33-31-17-8-7-15-29(31)30-16-9-10-18-32(30)34(33)23-27;1-4-12-25(13-5-1)29-21-22-30(32-19-11-10-18-31(29)32)28-20-23-33-34(24-28)38-36(27-16-8-3-9-17-27)35(37-33)26-14-6-2-7-15-26/h3-24H,1-2H3;1-24H;1-24H. The largest absolute Gasteiger partial charge is 0.244 e. The van der Waals surface area contributed by atoms with Gasteiger partial charge in [0.1, 0.15) is 0 Å². The maximum absolute atomic E-state index is 5.21. The summed E-state index contributed by atoms with van der Waals surface area (Å²) in [5.41, 5.74) is 31.9. The summed E-state index contributed by atoms with van der Waals surface area (Å²) in [6.07, 6.45) is 0. The lowest BCUT2D eigenvalue weighted by atomic mass is 9.81. The Balaban J connectivity index is 0.000000111. The van der Waals surface area contributed by atoms with Gasteiger partial charge in [-0.1, -0.05) is 378 Å². The third kappa shape index (κ3) is 13.3. The van der Waals surface area contributed by atoms with Gasteiger partial charge < -0.3 is 0 Å². The summed E-state index contributed by atoms with van der Waals surface area (Å²) in [5.74, 6) is 0. The number of hydrogen-bond acceptors (Lipinski definition) is 6. The van der Waals surface area contributed by atoms with Crippen LogP contribution in [-0.2, 0) is 5.41 Å². The van der Waals surface area contributed by atoms with E-state index in [1.165, 1.54) is 104 Å². The summed E-state index contributed by atoms with van der Waals surface area (Å²) in [5, 5.41) is 12.7. The lowest BCUT2D eigenvalue weighted by Gasteiger charge is -2.22. The van der Waals surface area contributed by atoms with Gasteiger partial charge in [0, 0.05) is 38.8 Å². The Labute approximate surface area is 690 Å². The second-order valence-corrected chi connectivity index (χ2v) is 31.1. The monoisotopic (exact) mass is 1520 g/mol. The highest BCUT2D eigenvalue weighted by molar-refractivity contribution is 6.26. The molecule has 3 heterocycles. The average molecular weight is 1520 g/mol. The summed E-state index contributed by atoms with van der Waals surface area (Å²) < 4.78 is 0. The van der Waals surface area contributed by atoms with Crippen molar-refractivity contribution in [3.8, 4) is 123 Å². The summed E-state index contributed by atoms with van der Waals surface area (Å²) in [6, 6.07) is 150. The second kappa shape index (κ2) is 30.4. The predicted molar refractivity (Wildman–Crippen MR) is 498 cm³/mol. The minimum Gasteiger partial charge on any atom is -0.244 e. The highest BCUT2D eigenvalue weighted by atomic mass is 14.9. The van der Waals surface area contributed by atoms with E-state index in [-0.39, 0.29) is 5.41 Å². The zero-order valence-corrected chi connectivity index (χ0v) is 65.6. The lowest BCUT2D eigenvalue weighted by molar-refractivity contribution is 0.661. The molecule has 558 valence electrons. The minimum atomic E-state index is -0.0770. The number of benzene rings is 19. The first-order valence-corrected chi connectivity index (χ1v) is 40.6. The van der Waals surface area contributed by atoms with Crippen molar-refractivity contribution in [1.29, 1.82) is 0 Å². The van der Waals surface area contributed by atoms with Crippen LogP contribution in [0.25, 0.3) is 210 Å². The summed E-state index contributed by atoms with van der Waals surface area (Å²) in [7, 11) is 0. The second-order valence-electron chi connectivity index (χ2n) is 31.1. The van der Waals surface area contributed by atoms with Crippen molar-refractivity contribution in [1.82, 2.24) is 29.9 Å². The number of fused-ring (bicyclic) bond motifs is 14. The summed E-state index contributed by atoms with van der Waals surface area (Å²) in [4.78, 5) is 31.0. The molecule has 0 fully saturated rings. The maximum atomic E-state index is 5.21. The van der Waals surface area contributed by atoms with Crippen LogP contribution in [0.4, 0.5) is 0 Å². The van der Waals surface area contributed by atoms with Crippen molar-refractivity contribution in [3.63, 3.8) is 0 Å². The Bertz CT molecular complexity index is 7620. The number of hydrogen-bond donors (Lipinski definition) is 0. The van der Waals surface area contributed by atoms with Gasteiger partial charge in [-0.2, -0.15) is 0 Å². The van der Waals surface area contributed by atoms with Gasteiger partial charge in [-0.3, -0.25) is 0 Å². The SMILES string of the molecule is CC1(C)c2cc(-c3ccc4nc(-c5ccccc5)c(-c5ccccc5)nc4c3)ccc2-c2cc3ccccc3cc21.c1ccc(-c2nc3ccc(-c4ccc(-c5ccccc5)c5ccccc45)cc3nc2-c2ccccc2)cc1.c1ccc(-c2nc3ccc(-c4ccc5c6ccccc6c6ccccc6c5c4)cc3nc2-c2ccccc2)cc1. The molecule has 22 aromatic rings. The van der Waals surface area contributed by atoms with E-state index >= 15 is 0 Å². The molecule has 19 aromatic carbocycles. The third-order valence-electron chi connectivity index (χ3n) is 23.5. The average Bonchev–Trinajstić information content (AvgIpc) is 1.53. The van der Waals surface area contributed by atoms with Gasteiger partial charge in [-0.05, 0) is 181 Å². The maximum Gasteiger partial charge on any atom is 0.0973 e. The van der Waals surface area contributed by atoms with Crippen LogP contribution in [-0.4, -0.2) is 29.9 Å². The van der Waals surface area contributed by atoms with Crippen molar-refractivity contribution in [3.05, 3.63) is 436 Å². The quantitative estimate of drug-likeness (QED) is 0.127. The van der Waals surface area contributed by atoms with E-state index in [1.54, 1.807) is 0 Å². The first kappa shape index (κ1) is 71.3. The molecule has 3 aromatic heterocycles. The Kier molecular flexibility index (Phi) is 18.2. The van der Waals surface area contributed by atoms with Crippen molar-refractivity contribution < 1.29 is 0 Å². The Hall–Kier alpha value is -15.5. The fraction of sp³-hybridized carbons (Fsp3) is 0.0265. The smallest absolute Gasteiger partial charge is 0.0973 e. The molecular weight excluding hydrogens is 1440 g/mol. The van der Waals surface area contributed by atoms with Crippen molar-refractivity contribution in [2.75, 3.05) is 0 Å². The first-order chi connectivity index (χ1) is 58.7. The van der Waals surface area contributed by atoms with Gasteiger partial charge in [-0.15, -0.1) is 0 Å². The molecule has 1 aliphatic rings. The van der Waals surface area contributed by atoms with E-state index in [1.807, 2.05) is 72.8 Å². The van der Waals surface area contributed by atoms with Crippen LogP contribution in [0.2, 0.25) is 0 Å². The topological polar surface area (TPSA) is 77.3 Å². The molecule has 0 N–H and O–H groups in total. The molecule has 0 spiro atoms. The van der Waals surface area contributed by atoms with Crippen LogP contribution in [0.15, 0.2) is 425 Å². The highest BCUT2D eigenvalue weighted by Gasteiger charge is 2.36. The predicted octanol–water partition coefficient (Wildman–Crippen LogP) is 29.6. The Morgan fingerprint density at radius 1 is 0.151 bits per heavy atom. The van der Waals surface area contributed by atoms with E-state index < -0.39 is 0 Å². The fourth-order valence-corrected chi connectivity index (χ4v) is 17.6. The molecule has 0 unspecified atom stereocenters.